The lowest BCUT2D eigenvalue weighted by Gasteiger charge is -2.31. The number of halogens is 1. The highest BCUT2D eigenvalue weighted by Gasteiger charge is 2.36. The van der Waals surface area contributed by atoms with E-state index < -0.39 is 38.3 Å². The molecule has 0 spiro atoms. The Morgan fingerprint density at radius 2 is 1.53 bits per heavy atom. The van der Waals surface area contributed by atoms with Crippen molar-refractivity contribution in [2.45, 2.75) is 16.7 Å². The summed E-state index contributed by atoms with van der Waals surface area (Å²) < 4.78 is 69.5. The zero-order valence-electron chi connectivity index (χ0n) is 20.1. The average molecular weight is 552 g/mol. The second-order valence-corrected chi connectivity index (χ2v) is 12.2. The zero-order chi connectivity index (χ0) is 27.1. The van der Waals surface area contributed by atoms with Gasteiger partial charge in [-0.25, -0.2) is 21.2 Å². The molecule has 2 N–H and O–H groups in total. The number of nitrogens with zero attached hydrogens (tertiary/aromatic N) is 1. The van der Waals surface area contributed by atoms with Crippen molar-refractivity contribution < 1.29 is 26.0 Å². The van der Waals surface area contributed by atoms with Crippen LogP contribution < -0.4 is 14.3 Å². The van der Waals surface area contributed by atoms with Gasteiger partial charge in [-0.3, -0.25) is 13.8 Å². The van der Waals surface area contributed by atoms with Crippen LogP contribution in [-0.2, 0) is 24.8 Å². The Kier molecular flexibility index (Phi) is 6.41. The van der Waals surface area contributed by atoms with Gasteiger partial charge in [-0.15, -0.1) is 0 Å². The fourth-order valence-corrected chi connectivity index (χ4v) is 6.87. The molecule has 38 heavy (non-hydrogen) atoms. The smallest absolute Gasteiger partial charge is 0.265 e. The molecule has 1 heterocycles. The van der Waals surface area contributed by atoms with Gasteiger partial charge in [0.2, 0.25) is 5.91 Å². The van der Waals surface area contributed by atoms with Crippen molar-refractivity contribution in [1.29, 1.82) is 0 Å². The van der Waals surface area contributed by atoms with Gasteiger partial charge in [-0.05, 0) is 67.6 Å². The van der Waals surface area contributed by atoms with Crippen LogP contribution in [0.2, 0.25) is 0 Å². The van der Waals surface area contributed by atoms with Crippen molar-refractivity contribution in [3.63, 3.8) is 0 Å². The summed E-state index contributed by atoms with van der Waals surface area (Å²) in [5, 5.41) is 2.59. The monoisotopic (exact) mass is 551 g/mol. The van der Waals surface area contributed by atoms with E-state index in [0.29, 0.717) is 16.8 Å². The summed E-state index contributed by atoms with van der Waals surface area (Å²) in [6.45, 7) is 1.33. The van der Waals surface area contributed by atoms with E-state index in [1.165, 1.54) is 42.5 Å². The first-order valence-corrected chi connectivity index (χ1v) is 14.4. The Hall–Kier alpha value is -4.22. The molecule has 1 aliphatic heterocycles. The second-order valence-electron chi connectivity index (χ2n) is 8.71. The first-order valence-electron chi connectivity index (χ1n) is 11.5. The molecule has 1 aliphatic rings. The van der Waals surface area contributed by atoms with Gasteiger partial charge in [0.15, 0.2) is 0 Å². The molecular formula is C27H22FN3O5S2. The zero-order valence-corrected chi connectivity index (χ0v) is 21.7. The molecule has 8 nitrogen and oxygen atoms in total. The summed E-state index contributed by atoms with van der Waals surface area (Å²) in [7, 11) is -7.95. The van der Waals surface area contributed by atoms with Crippen molar-refractivity contribution in [1.82, 2.24) is 0 Å². The predicted molar refractivity (Wildman–Crippen MR) is 143 cm³/mol. The third-order valence-electron chi connectivity index (χ3n) is 6.01. The van der Waals surface area contributed by atoms with E-state index in [1.807, 2.05) is 6.92 Å². The molecule has 5 rings (SSSR count). The van der Waals surface area contributed by atoms with Gasteiger partial charge in [0, 0.05) is 22.5 Å². The molecule has 0 saturated carbocycles. The van der Waals surface area contributed by atoms with E-state index in [2.05, 4.69) is 10.0 Å². The Morgan fingerprint density at radius 3 is 2.24 bits per heavy atom. The van der Waals surface area contributed by atoms with Crippen LogP contribution >= 0.6 is 0 Å². The van der Waals surface area contributed by atoms with Crippen LogP contribution in [0.3, 0.4) is 0 Å². The maximum Gasteiger partial charge on any atom is 0.265 e. The third kappa shape index (κ3) is 4.85. The molecular weight excluding hydrogens is 529 g/mol. The number of sulfonamides is 2. The molecule has 0 fully saturated rings. The van der Waals surface area contributed by atoms with Crippen molar-refractivity contribution in [2.75, 3.05) is 20.9 Å². The number of aryl methyl sites for hydroxylation is 1. The first-order chi connectivity index (χ1) is 18.0. The van der Waals surface area contributed by atoms with E-state index in [0.717, 1.165) is 15.9 Å². The van der Waals surface area contributed by atoms with Gasteiger partial charge in [0.05, 0.1) is 15.5 Å². The number of nitrogens with one attached hydrogen (secondary N) is 2. The number of carbonyl (C=O) groups is 1. The fourth-order valence-electron chi connectivity index (χ4n) is 4.16. The summed E-state index contributed by atoms with van der Waals surface area (Å²) in [4.78, 5) is 12.8. The van der Waals surface area contributed by atoms with Gasteiger partial charge in [-0.2, -0.15) is 0 Å². The molecule has 4 aromatic rings. The number of amides is 1. The quantitative estimate of drug-likeness (QED) is 0.359. The van der Waals surface area contributed by atoms with Crippen molar-refractivity contribution in [2.24, 2.45) is 0 Å². The number of benzene rings is 4. The number of carbonyl (C=O) groups excluding carboxylic acids is 1. The van der Waals surface area contributed by atoms with Gasteiger partial charge < -0.3 is 5.32 Å². The molecule has 0 aliphatic carbocycles. The van der Waals surface area contributed by atoms with E-state index in [1.54, 1.807) is 42.5 Å². The third-order valence-corrected chi connectivity index (χ3v) is 9.23. The summed E-state index contributed by atoms with van der Waals surface area (Å²) >= 11 is 0. The summed E-state index contributed by atoms with van der Waals surface area (Å²) in [6.07, 6.45) is 0. The Morgan fingerprint density at radius 1 is 0.868 bits per heavy atom. The van der Waals surface area contributed by atoms with Gasteiger partial charge in [-0.1, -0.05) is 35.9 Å². The minimum atomic E-state index is -4.09. The molecule has 4 aromatic carbocycles. The van der Waals surface area contributed by atoms with Gasteiger partial charge >= 0.3 is 0 Å². The Bertz CT molecular complexity index is 1760. The van der Waals surface area contributed by atoms with Crippen LogP contribution in [0.1, 0.15) is 5.56 Å². The normalized spacial score (nSPS) is 13.8. The fraction of sp³-hybridized carbons (Fsp3) is 0.0741. The SMILES string of the molecule is Cc1ccc(NS(=O)(=O)c2ccc(NC(=O)CN3c4ccc(F)cc4-c4ccccc4S3(=O)=O)cc2)cc1. The second kappa shape index (κ2) is 9.58. The van der Waals surface area contributed by atoms with E-state index in [9.17, 15) is 26.0 Å². The molecule has 0 bridgehead atoms. The van der Waals surface area contributed by atoms with Crippen molar-refractivity contribution >= 4 is 43.0 Å². The Balaban J connectivity index is 1.34. The molecule has 0 radical (unpaired) electrons. The summed E-state index contributed by atoms with van der Waals surface area (Å²) in [5.41, 5.74) is 2.58. The van der Waals surface area contributed by atoms with Crippen molar-refractivity contribution in [3.8, 4) is 11.1 Å². The lowest BCUT2D eigenvalue weighted by Crippen LogP contribution is -2.40. The lowest BCUT2D eigenvalue weighted by molar-refractivity contribution is -0.114. The average Bonchev–Trinajstić information content (AvgIpc) is 2.88. The van der Waals surface area contributed by atoms with Crippen LogP contribution in [-0.4, -0.2) is 29.3 Å². The predicted octanol–water partition coefficient (Wildman–Crippen LogP) is 4.75. The highest BCUT2D eigenvalue weighted by atomic mass is 32.2. The largest absolute Gasteiger partial charge is 0.325 e. The van der Waals surface area contributed by atoms with Crippen LogP contribution in [0, 0.1) is 12.7 Å². The standard InChI is InChI=1S/C27H22FN3O5S2/c1-18-6-9-21(10-7-18)30-37(33,34)22-13-11-20(12-14-22)29-27(32)17-31-25-15-8-19(28)16-24(25)23-4-2-3-5-26(23)38(31,35)36/h2-16,30H,17H2,1H3,(H,29,32). The minimum Gasteiger partial charge on any atom is -0.325 e. The number of anilines is 3. The van der Waals surface area contributed by atoms with Crippen LogP contribution in [0.15, 0.2) is 101 Å². The van der Waals surface area contributed by atoms with Crippen molar-refractivity contribution in [3.05, 3.63) is 102 Å². The van der Waals surface area contributed by atoms with E-state index >= 15 is 0 Å². The molecule has 11 heteroatoms. The number of hydrogen-bond acceptors (Lipinski definition) is 5. The van der Waals surface area contributed by atoms with Gasteiger partial charge in [0.1, 0.15) is 12.4 Å². The molecule has 0 atom stereocenters. The molecule has 194 valence electrons. The molecule has 1 amide bonds. The first kappa shape index (κ1) is 25.4. The summed E-state index contributed by atoms with van der Waals surface area (Å²) in [6, 6.07) is 22.3. The maximum atomic E-state index is 14.0. The molecule has 0 saturated heterocycles. The number of fused-ring (bicyclic) bond motifs is 3. The van der Waals surface area contributed by atoms with E-state index in [-0.39, 0.29) is 21.2 Å². The van der Waals surface area contributed by atoms with Crippen LogP contribution in [0.25, 0.3) is 11.1 Å². The van der Waals surface area contributed by atoms with Crippen LogP contribution in [0.4, 0.5) is 21.5 Å². The van der Waals surface area contributed by atoms with Gasteiger partial charge in [0.25, 0.3) is 20.0 Å². The lowest BCUT2D eigenvalue weighted by atomic mass is 10.0. The van der Waals surface area contributed by atoms with E-state index in [4.69, 9.17) is 0 Å². The highest BCUT2D eigenvalue weighted by Crippen LogP contribution is 2.43. The number of rotatable bonds is 6. The minimum absolute atomic E-state index is 0.0118. The summed E-state index contributed by atoms with van der Waals surface area (Å²) in [5.74, 6) is -1.19. The maximum absolute atomic E-state index is 14.0. The Labute approximate surface area is 219 Å². The van der Waals surface area contributed by atoms with Crippen LogP contribution in [0.5, 0.6) is 0 Å². The topological polar surface area (TPSA) is 113 Å². The molecule has 0 aromatic heterocycles. The number of hydrogen-bond donors (Lipinski definition) is 2. The molecule has 0 unspecified atom stereocenters. The highest BCUT2D eigenvalue weighted by molar-refractivity contribution is 7.93.